The highest BCUT2D eigenvalue weighted by Crippen LogP contribution is 2.19. The van der Waals surface area contributed by atoms with Gasteiger partial charge in [-0.1, -0.05) is 18.2 Å². The van der Waals surface area contributed by atoms with Gasteiger partial charge in [0, 0.05) is 18.8 Å². The number of rotatable bonds is 7. The molecule has 2 rings (SSSR count). The van der Waals surface area contributed by atoms with Crippen molar-refractivity contribution in [3.63, 3.8) is 0 Å². The summed E-state index contributed by atoms with van der Waals surface area (Å²) in [6.45, 7) is 3.48. The lowest BCUT2D eigenvalue weighted by Gasteiger charge is -2.21. The molecule has 0 aromatic heterocycles. The molecule has 1 N–H and O–H groups in total. The molecule has 2 aromatic carbocycles. The van der Waals surface area contributed by atoms with Crippen LogP contribution in [-0.2, 0) is 14.8 Å². The van der Waals surface area contributed by atoms with Crippen LogP contribution in [-0.4, -0.2) is 38.3 Å². The summed E-state index contributed by atoms with van der Waals surface area (Å²) in [6.07, 6.45) is 0. The van der Waals surface area contributed by atoms with Crippen molar-refractivity contribution in [2.75, 3.05) is 19.0 Å². The van der Waals surface area contributed by atoms with Crippen LogP contribution in [0.15, 0.2) is 59.5 Å². The normalized spacial score (nSPS) is 11.6. The molecular weight excluding hydrogens is 340 g/mol. The van der Waals surface area contributed by atoms with Crippen LogP contribution < -0.4 is 10.1 Å². The van der Waals surface area contributed by atoms with Crippen molar-refractivity contribution in [2.45, 2.75) is 24.8 Å². The fraction of sp³-hybridized carbons (Fsp3) is 0.278. The average molecular weight is 362 g/mol. The van der Waals surface area contributed by atoms with E-state index in [-0.39, 0.29) is 23.5 Å². The maximum atomic E-state index is 12.4. The zero-order chi connectivity index (χ0) is 18.4. The molecule has 6 nitrogen and oxygen atoms in total. The molecular formula is C18H22N2O4S. The van der Waals surface area contributed by atoms with Gasteiger partial charge in [0.1, 0.15) is 5.75 Å². The number of nitrogens with zero attached hydrogens (tertiary/aromatic N) is 1. The summed E-state index contributed by atoms with van der Waals surface area (Å²) >= 11 is 0. The predicted molar refractivity (Wildman–Crippen MR) is 97.1 cm³/mol. The fourth-order valence-corrected chi connectivity index (χ4v) is 3.38. The van der Waals surface area contributed by atoms with Crippen molar-refractivity contribution in [1.82, 2.24) is 4.31 Å². The van der Waals surface area contributed by atoms with Gasteiger partial charge < -0.3 is 10.1 Å². The van der Waals surface area contributed by atoms with Crippen LogP contribution in [0.25, 0.3) is 0 Å². The summed E-state index contributed by atoms with van der Waals surface area (Å²) in [4.78, 5) is 12.1. The predicted octanol–water partition coefficient (Wildman–Crippen LogP) is 2.73. The second-order valence-electron chi connectivity index (χ2n) is 5.79. The van der Waals surface area contributed by atoms with E-state index < -0.39 is 10.0 Å². The largest absolute Gasteiger partial charge is 0.484 e. The fourth-order valence-electron chi connectivity index (χ4n) is 2.02. The van der Waals surface area contributed by atoms with Gasteiger partial charge in [0.25, 0.3) is 5.91 Å². The lowest BCUT2D eigenvalue weighted by molar-refractivity contribution is -0.118. The molecule has 134 valence electrons. The minimum Gasteiger partial charge on any atom is -0.484 e. The number of benzene rings is 2. The summed E-state index contributed by atoms with van der Waals surface area (Å²) < 4.78 is 31.4. The Bertz CT molecular complexity index is 803. The Morgan fingerprint density at radius 1 is 1.08 bits per heavy atom. The van der Waals surface area contributed by atoms with E-state index in [4.69, 9.17) is 4.74 Å². The number of sulfonamides is 1. The Hall–Kier alpha value is -2.38. The number of hydrogen-bond acceptors (Lipinski definition) is 4. The maximum Gasteiger partial charge on any atom is 0.262 e. The smallest absolute Gasteiger partial charge is 0.262 e. The number of amides is 1. The number of carbonyl (C=O) groups is 1. The van der Waals surface area contributed by atoms with E-state index in [0.717, 1.165) is 0 Å². The minimum atomic E-state index is -3.53. The van der Waals surface area contributed by atoms with E-state index in [0.29, 0.717) is 11.4 Å². The SMILES string of the molecule is CC(C)N(C)S(=O)(=O)c1ccc(NC(=O)COc2ccccc2)cc1. The topological polar surface area (TPSA) is 75.7 Å². The van der Waals surface area contributed by atoms with Gasteiger partial charge in [-0.15, -0.1) is 0 Å². The van der Waals surface area contributed by atoms with Gasteiger partial charge in [-0.25, -0.2) is 8.42 Å². The van der Waals surface area contributed by atoms with Crippen molar-refractivity contribution in [3.05, 3.63) is 54.6 Å². The molecule has 0 aliphatic heterocycles. The van der Waals surface area contributed by atoms with Crippen molar-refractivity contribution in [2.24, 2.45) is 0 Å². The molecule has 0 fully saturated rings. The number of hydrogen-bond donors (Lipinski definition) is 1. The minimum absolute atomic E-state index is 0.125. The summed E-state index contributed by atoms with van der Waals surface area (Å²) in [5.74, 6) is 0.287. The number of ether oxygens (including phenoxy) is 1. The molecule has 0 radical (unpaired) electrons. The lowest BCUT2D eigenvalue weighted by atomic mass is 10.3. The first-order valence-electron chi connectivity index (χ1n) is 7.86. The Morgan fingerprint density at radius 2 is 1.68 bits per heavy atom. The van der Waals surface area contributed by atoms with Crippen molar-refractivity contribution >= 4 is 21.6 Å². The Morgan fingerprint density at radius 3 is 2.24 bits per heavy atom. The Balaban J connectivity index is 1.97. The molecule has 25 heavy (non-hydrogen) atoms. The van der Waals surface area contributed by atoms with Gasteiger partial charge in [0.05, 0.1) is 4.90 Å². The van der Waals surface area contributed by atoms with E-state index in [1.54, 1.807) is 38.1 Å². The molecule has 0 saturated carbocycles. The monoisotopic (exact) mass is 362 g/mol. The third-order valence-corrected chi connectivity index (χ3v) is 5.70. The van der Waals surface area contributed by atoms with Crippen LogP contribution in [0.2, 0.25) is 0 Å². The standard InChI is InChI=1S/C18H22N2O4S/c1-14(2)20(3)25(22,23)17-11-9-15(10-12-17)19-18(21)13-24-16-7-5-4-6-8-16/h4-12,14H,13H2,1-3H3,(H,19,21). The van der Waals surface area contributed by atoms with Gasteiger partial charge in [0.2, 0.25) is 10.0 Å². The van der Waals surface area contributed by atoms with E-state index in [1.165, 1.54) is 23.5 Å². The summed E-state index contributed by atoms with van der Waals surface area (Å²) in [7, 11) is -2.00. The Kier molecular flexibility index (Phi) is 6.17. The summed E-state index contributed by atoms with van der Waals surface area (Å²) in [5.41, 5.74) is 0.507. The summed E-state index contributed by atoms with van der Waals surface area (Å²) in [5, 5.41) is 2.67. The first-order valence-corrected chi connectivity index (χ1v) is 9.30. The maximum absolute atomic E-state index is 12.4. The number of anilines is 1. The molecule has 0 bridgehead atoms. The highest BCUT2D eigenvalue weighted by atomic mass is 32.2. The quantitative estimate of drug-likeness (QED) is 0.822. The number of nitrogens with one attached hydrogen (secondary N) is 1. The highest BCUT2D eigenvalue weighted by molar-refractivity contribution is 7.89. The van der Waals surface area contributed by atoms with Crippen LogP contribution in [0, 0.1) is 0 Å². The third kappa shape index (κ3) is 5.04. The van der Waals surface area contributed by atoms with Crippen LogP contribution in [0.1, 0.15) is 13.8 Å². The van der Waals surface area contributed by atoms with Crippen LogP contribution >= 0.6 is 0 Å². The zero-order valence-electron chi connectivity index (χ0n) is 14.5. The van der Waals surface area contributed by atoms with Crippen LogP contribution in [0.5, 0.6) is 5.75 Å². The van der Waals surface area contributed by atoms with E-state index >= 15 is 0 Å². The average Bonchev–Trinajstić information content (AvgIpc) is 2.60. The molecule has 0 aliphatic rings. The Labute approximate surface area is 148 Å². The number of carbonyl (C=O) groups excluding carboxylic acids is 1. The molecule has 0 atom stereocenters. The van der Waals surface area contributed by atoms with Gasteiger partial charge in [-0.2, -0.15) is 4.31 Å². The second-order valence-corrected chi connectivity index (χ2v) is 7.79. The zero-order valence-corrected chi connectivity index (χ0v) is 15.3. The van der Waals surface area contributed by atoms with Gasteiger partial charge in [-0.3, -0.25) is 4.79 Å². The molecule has 1 amide bonds. The molecule has 0 saturated heterocycles. The van der Waals surface area contributed by atoms with Crippen LogP contribution in [0.3, 0.4) is 0 Å². The summed E-state index contributed by atoms with van der Waals surface area (Å²) in [6, 6.07) is 14.9. The molecule has 0 aliphatic carbocycles. The van der Waals surface area contributed by atoms with Gasteiger partial charge in [0.15, 0.2) is 6.61 Å². The van der Waals surface area contributed by atoms with Gasteiger partial charge >= 0.3 is 0 Å². The molecule has 0 unspecified atom stereocenters. The first-order chi connectivity index (χ1) is 11.8. The second kappa shape index (κ2) is 8.13. The van der Waals surface area contributed by atoms with Crippen molar-refractivity contribution in [1.29, 1.82) is 0 Å². The molecule has 0 heterocycles. The first kappa shape index (κ1) is 19.0. The van der Waals surface area contributed by atoms with E-state index in [2.05, 4.69) is 5.32 Å². The van der Waals surface area contributed by atoms with Gasteiger partial charge in [-0.05, 0) is 50.2 Å². The molecule has 7 heteroatoms. The van der Waals surface area contributed by atoms with Crippen LogP contribution in [0.4, 0.5) is 5.69 Å². The van der Waals surface area contributed by atoms with E-state index in [1.807, 2.05) is 18.2 Å². The molecule has 2 aromatic rings. The third-order valence-electron chi connectivity index (χ3n) is 3.66. The van der Waals surface area contributed by atoms with Crippen molar-refractivity contribution in [3.8, 4) is 5.75 Å². The lowest BCUT2D eigenvalue weighted by Crippen LogP contribution is -2.33. The van der Waals surface area contributed by atoms with E-state index in [9.17, 15) is 13.2 Å². The molecule has 0 spiro atoms. The highest BCUT2D eigenvalue weighted by Gasteiger charge is 2.22. The number of para-hydroxylation sites is 1. The van der Waals surface area contributed by atoms with Crippen molar-refractivity contribution < 1.29 is 17.9 Å².